The highest BCUT2D eigenvalue weighted by atomic mass is 35.5. The van der Waals surface area contributed by atoms with Crippen LogP contribution in [-0.2, 0) is 13.0 Å². The van der Waals surface area contributed by atoms with Gasteiger partial charge in [-0.05, 0) is 81.6 Å². The molecule has 34 heavy (non-hydrogen) atoms. The van der Waals surface area contributed by atoms with Gasteiger partial charge in [0, 0.05) is 47.7 Å². The second-order valence-electron chi connectivity index (χ2n) is 9.16. The first-order chi connectivity index (χ1) is 16.3. The fourth-order valence-electron chi connectivity index (χ4n) is 5.39. The molecule has 4 aromatic rings. The van der Waals surface area contributed by atoms with E-state index in [-0.39, 0.29) is 12.4 Å². The summed E-state index contributed by atoms with van der Waals surface area (Å²) in [5.74, 6) is 0.887. The summed E-state index contributed by atoms with van der Waals surface area (Å²) in [5.41, 5.74) is 6.48. The first kappa shape index (κ1) is 22.8. The average molecular weight is 476 g/mol. The Hall–Kier alpha value is -2.96. The van der Waals surface area contributed by atoms with Gasteiger partial charge in [-0.1, -0.05) is 6.07 Å². The van der Waals surface area contributed by atoms with Gasteiger partial charge < -0.3 is 9.64 Å². The Labute approximate surface area is 206 Å². The van der Waals surface area contributed by atoms with Crippen LogP contribution in [0.25, 0.3) is 33.4 Å². The summed E-state index contributed by atoms with van der Waals surface area (Å²) in [6, 6.07) is 15.1. The lowest BCUT2D eigenvalue weighted by Gasteiger charge is -2.19. The van der Waals surface area contributed by atoms with E-state index in [0.717, 1.165) is 60.5 Å². The lowest BCUT2D eigenvalue weighted by molar-refractivity contribution is 0.233. The molecule has 1 atom stereocenters. The van der Waals surface area contributed by atoms with Crippen molar-refractivity contribution in [1.29, 1.82) is 0 Å². The van der Waals surface area contributed by atoms with Gasteiger partial charge >= 0.3 is 0 Å². The maximum absolute atomic E-state index is 6.13. The molecule has 6 nitrogen and oxygen atoms in total. The molecule has 1 unspecified atom stereocenters. The minimum absolute atomic E-state index is 0. The molecule has 5 heterocycles. The highest BCUT2D eigenvalue weighted by Crippen LogP contribution is 2.40. The van der Waals surface area contributed by atoms with Gasteiger partial charge in [0.1, 0.15) is 11.4 Å². The van der Waals surface area contributed by atoms with Crippen LogP contribution >= 0.6 is 12.4 Å². The second-order valence-corrected chi connectivity index (χ2v) is 9.16. The average Bonchev–Trinajstić information content (AvgIpc) is 3.56. The third-order valence-electron chi connectivity index (χ3n) is 7.12. The van der Waals surface area contributed by atoms with Crippen molar-refractivity contribution in [3.63, 3.8) is 0 Å². The fourth-order valence-corrected chi connectivity index (χ4v) is 5.39. The summed E-state index contributed by atoms with van der Waals surface area (Å²) in [5, 5.41) is 6.08. The molecule has 1 fully saturated rings. The number of aromatic nitrogens is 4. The van der Waals surface area contributed by atoms with E-state index in [1.165, 1.54) is 36.2 Å². The predicted molar refractivity (Wildman–Crippen MR) is 138 cm³/mol. The number of nitrogens with zero attached hydrogens (tertiary/aromatic N) is 5. The molecule has 6 rings (SSSR count). The molecule has 1 saturated heterocycles. The number of rotatable bonds is 6. The van der Waals surface area contributed by atoms with Crippen LogP contribution in [0, 0.1) is 0 Å². The number of aryl methyl sites for hydroxylation is 1. The third kappa shape index (κ3) is 4.17. The van der Waals surface area contributed by atoms with E-state index in [0.29, 0.717) is 6.04 Å². The van der Waals surface area contributed by atoms with Crippen molar-refractivity contribution in [2.45, 2.75) is 44.7 Å². The Bertz CT molecular complexity index is 1290. The van der Waals surface area contributed by atoms with Gasteiger partial charge in [0.25, 0.3) is 0 Å². The van der Waals surface area contributed by atoms with E-state index in [4.69, 9.17) is 9.84 Å². The Morgan fingerprint density at radius 1 is 1.03 bits per heavy atom. The zero-order valence-corrected chi connectivity index (χ0v) is 20.3. The number of benzene rings is 1. The monoisotopic (exact) mass is 475 g/mol. The SMILES string of the molecule is CN1CCCC1CCOc1ccc2c(-c3c(-c4ccccn4)nn4c3CCC4)ccnc2c1.Cl. The third-order valence-corrected chi connectivity index (χ3v) is 7.12. The zero-order chi connectivity index (χ0) is 22.2. The van der Waals surface area contributed by atoms with E-state index in [2.05, 4.69) is 50.9 Å². The number of halogens is 1. The number of ether oxygens (including phenoxy) is 1. The minimum Gasteiger partial charge on any atom is -0.493 e. The van der Waals surface area contributed by atoms with Crippen LogP contribution in [0.2, 0.25) is 0 Å². The summed E-state index contributed by atoms with van der Waals surface area (Å²) in [6.45, 7) is 2.90. The first-order valence-electron chi connectivity index (χ1n) is 12.0. The molecule has 2 aliphatic rings. The van der Waals surface area contributed by atoms with Crippen LogP contribution in [0.3, 0.4) is 0 Å². The van der Waals surface area contributed by atoms with Crippen LogP contribution < -0.4 is 4.74 Å². The van der Waals surface area contributed by atoms with Gasteiger partial charge in [0.05, 0.1) is 17.8 Å². The first-order valence-corrected chi connectivity index (χ1v) is 12.0. The highest BCUT2D eigenvalue weighted by molar-refractivity contribution is 5.99. The molecule has 0 amide bonds. The Balaban J connectivity index is 0.00000241. The molecule has 0 spiro atoms. The van der Waals surface area contributed by atoms with Gasteiger partial charge in [-0.2, -0.15) is 5.10 Å². The summed E-state index contributed by atoms with van der Waals surface area (Å²) >= 11 is 0. The van der Waals surface area contributed by atoms with Crippen molar-refractivity contribution in [3.8, 4) is 28.3 Å². The summed E-state index contributed by atoms with van der Waals surface area (Å²) in [7, 11) is 2.21. The maximum atomic E-state index is 6.13. The minimum atomic E-state index is 0. The fraction of sp³-hybridized carbons (Fsp3) is 0.370. The van der Waals surface area contributed by atoms with Gasteiger partial charge in [-0.3, -0.25) is 14.6 Å². The molecular weight excluding hydrogens is 446 g/mol. The van der Waals surface area contributed by atoms with Crippen molar-refractivity contribution in [2.75, 3.05) is 20.2 Å². The van der Waals surface area contributed by atoms with Crippen molar-refractivity contribution in [3.05, 3.63) is 60.6 Å². The standard InChI is InChI=1S/C27H29N5O.ClH/c1-31-15-4-6-19(31)12-17-33-20-9-10-21-22(11-14-29-24(21)18-20)26-25-8-5-16-32(25)30-27(26)23-7-2-3-13-28-23;/h2-3,7,9-11,13-14,18-19H,4-6,8,12,15-17H2,1H3;1H. The van der Waals surface area contributed by atoms with Crippen molar-refractivity contribution in [1.82, 2.24) is 24.6 Å². The quantitative estimate of drug-likeness (QED) is 0.374. The largest absolute Gasteiger partial charge is 0.493 e. The zero-order valence-electron chi connectivity index (χ0n) is 19.5. The van der Waals surface area contributed by atoms with E-state index in [1.807, 2.05) is 30.6 Å². The molecular formula is C27H30ClN5O. The van der Waals surface area contributed by atoms with Crippen molar-refractivity contribution >= 4 is 23.3 Å². The molecule has 0 N–H and O–H groups in total. The van der Waals surface area contributed by atoms with Crippen molar-refractivity contribution < 1.29 is 4.74 Å². The summed E-state index contributed by atoms with van der Waals surface area (Å²) in [4.78, 5) is 11.7. The predicted octanol–water partition coefficient (Wildman–Crippen LogP) is 5.39. The van der Waals surface area contributed by atoms with Gasteiger partial charge in [-0.25, -0.2) is 0 Å². The van der Waals surface area contributed by atoms with Crippen LogP contribution in [0.4, 0.5) is 0 Å². The van der Waals surface area contributed by atoms with Crippen LogP contribution in [0.1, 0.15) is 31.4 Å². The number of hydrogen-bond acceptors (Lipinski definition) is 5. The maximum Gasteiger partial charge on any atom is 0.121 e. The lowest BCUT2D eigenvalue weighted by atomic mass is 9.96. The van der Waals surface area contributed by atoms with Gasteiger partial charge in [0.2, 0.25) is 0 Å². The molecule has 1 aromatic carbocycles. The Kier molecular flexibility index (Phi) is 6.53. The number of likely N-dealkylation sites (tertiary alicyclic amines) is 1. The Morgan fingerprint density at radius 2 is 1.97 bits per heavy atom. The van der Waals surface area contributed by atoms with E-state index < -0.39 is 0 Å². The molecule has 3 aromatic heterocycles. The molecule has 176 valence electrons. The number of fused-ring (bicyclic) bond motifs is 2. The smallest absolute Gasteiger partial charge is 0.121 e. The van der Waals surface area contributed by atoms with Crippen molar-refractivity contribution in [2.24, 2.45) is 0 Å². The second kappa shape index (κ2) is 9.72. The molecule has 2 aliphatic heterocycles. The molecule has 0 bridgehead atoms. The summed E-state index contributed by atoms with van der Waals surface area (Å²) < 4.78 is 8.28. The van der Waals surface area contributed by atoms with Crippen LogP contribution in [0.5, 0.6) is 5.75 Å². The number of pyridine rings is 2. The molecule has 0 aliphatic carbocycles. The topological polar surface area (TPSA) is 56.1 Å². The lowest BCUT2D eigenvalue weighted by Crippen LogP contribution is -2.26. The Morgan fingerprint density at radius 3 is 2.79 bits per heavy atom. The highest BCUT2D eigenvalue weighted by Gasteiger charge is 2.25. The van der Waals surface area contributed by atoms with E-state index in [9.17, 15) is 0 Å². The van der Waals surface area contributed by atoms with Crippen LogP contribution in [-0.4, -0.2) is 50.9 Å². The normalized spacial score (nSPS) is 17.6. The summed E-state index contributed by atoms with van der Waals surface area (Å²) in [6.07, 6.45) is 9.54. The molecule has 7 heteroatoms. The molecule has 0 saturated carbocycles. The van der Waals surface area contributed by atoms with E-state index >= 15 is 0 Å². The number of hydrogen-bond donors (Lipinski definition) is 0. The van der Waals surface area contributed by atoms with Gasteiger partial charge in [0.15, 0.2) is 0 Å². The van der Waals surface area contributed by atoms with Gasteiger partial charge in [-0.15, -0.1) is 12.4 Å². The van der Waals surface area contributed by atoms with E-state index in [1.54, 1.807) is 0 Å². The molecule has 0 radical (unpaired) electrons. The van der Waals surface area contributed by atoms with Crippen LogP contribution in [0.15, 0.2) is 54.9 Å².